The Hall–Kier alpha value is -0.570. The molecule has 62 valence electrons. The molecule has 0 bridgehead atoms. The number of nitrogens with two attached hydrogens (primary N) is 1. The monoisotopic (exact) mass is 155 g/mol. The molecule has 0 spiro atoms. The average Bonchev–Trinajstić information content (AvgIpc) is 2.30. The maximum atomic E-state index is 11.0. The molecular weight excluding hydrogens is 142 g/mol. The largest absolute Gasteiger partial charge is 0.461 e. The summed E-state index contributed by atoms with van der Waals surface area (Å²) in [6.07, 6.45) is 4.61. The van der Waals surface area contributed by atoms with E-state index in [0.29, 0.717) is 5.92 Å². The van der Waals surface area contributed by atoms with Gasteiger partial charge in [0, 0.05) is 5.92 Å². The highest BCUT2D eigenvalue weighted by molar-refractivity contribution is 5.78. The number of hydrogen-bond acceptors (Lipinski definition) is 3. The maximum absolute atomic E-state index is 11.0. The quantitative estimate of drug-likeness (QED) is 0.516. The molecule has 1 saturated carbocycles. The molecule has 0 amide bonds. The van der Waals surface area contributed by atoms with E-state index >= 15 is 0 Å². The van der Waals surface area contributed by atoms with Crippen LogP contribution in [0.3, 0.4) is 0 Å². The van der Waals surface area contributed by atoms with Gasteiger partial charge in [-0.05, 0) is 19.3 Å². The van der Waals surface area contributed by atoms with E-state index in [4.69, 9.17) is 10.5 Å². The smallest absolute Gasteiger partial charge is 0.323 e. The van der Waals surface area contributed by atoms with Crippen LogP contribution in [0.1, 0.15) is 25.7 Å². The Morgan fingerprint density at radius 3 is 2.82 bits per heavy atom. The van der Waals surface area contributed by atoms with Crippen LogP contribution in [0.2, 0.25) is 0 Å². The van der Waals surface area contributed by atoms with Crippen molar-refractivity contribution in [1.29, 1.82) is 0 Å². The number of hydrogen-bond donors (Lipinski definition) is 1. The van der Waals surface area contributed by atoms with Crippen LogP contribution in [0.15, 0.2) is 0 Å². The van der Waals surface area contributed by atoms with Gasteiger partial charge in [0.15, 0.2) is 0 Å². The van der Waals surface area contributed by atoms with Crippen molar-refractivity contribution in [3.8, 4) is 0 Å². The predicted molar refractivity (Wildman–Crippen MR) is 39.8 cm³/mol. The van der Waals surface area contributed by atoms with Crippen LogP contribution in [0, 0.1) is 5.92 Å². The van der Waals surface area contributed by atoms with Gasteiger partial charge in [-0.2, -0.15) is 0 Å². The van der Waals surface area contributed by atoms with Gasteiger partial charge in [-0.15, -0.1) is 0 Å². The topological polar surface area (TPSA) is 52.3 Å². The Labute approximate surface area is 65.9 Å². The number of rotatable bonds is 0. The summed E-state index contributed by atoms with van der Waals surface area (Å²) in [7, 11) is 0. The molecule has 3 heteroatoms. The highest BCUT2D eigenvalue weighted by Gasteiger charge is 2.43. The molecule has 2 rings (SSSR count). The van der Waals surface area contributed by atoms with Gasteiger partial charge in [0.2, 0.25) is 0 Å². The van der Waals surface area contributed by atoms with Gasteiger partial charge < -0.3 is 10.5 Å². The zero-order valence-corrected chi connectivity index (χ0v) is 6.45. The summed E-state index contributed by atoms with van der Waals surface area (Å²) in [6.45, 7) is 0. The Morgan fingerprint density at radius 2 is 2.09 bits per heavy atom. The van der Waals surface area contributed by atoms with Gasteiger partial charge in [-0.3, -0.25) is 4.79 Å². The van der Waals surface area contributed by atoms with E-state index in [1.54, 1.807) is 0 Å². The summed E-state index contributed by atoms with van der Waals surface area (Å²) in [4.78, 5) is 11.0. The van der Waals surface area contributed by atoms with Gasteiger partial charge in [0.1, 0.15) is 12.1 Å². The lowest BCUT2D eigenvalue weighted by molar-refractivity contribution is -0.142. The predicted octanol–water partition coefficient (Wildman–Crippen LogP) is 0.429. The molecule has 1 saturated heterocycles. The van der Waals surface area contributed by atoms with E-state index in [9.17, 15) is 4.79 Å². The maximum Gasteiger partial charge on any atom is 0.323 e. The fraction of sp³-hybridized carbons (Fsp3) is 0.875. The minimum Gasteiger partial charge on any atom is -0.461 e. The van der Waals surface area contributed by atoms with Crippen molar-refractivity contribution in [3.63, 3.8) is 0 Å². The Bertz CT molecular complexity index is 181. The van der Waals surface area contributed by atoms with Crippen LogP contribution < -0.4 is 5.73 Å². The first kappa shape index (κ1) is 7.10. The Balaban J connectivity index is 2.11. The first-order valence-electron chi connectivity index (χ1n) is 4.25. The van der Waals surface area contributed by atoms with E-state index in [-0.39, 0.29) is 18.1 Å². The molecule has 1 heterocycles. The van der Waals surface area contributed by atoms with Crippen molar-refractivity contribution in [2.45, 2.75) is 37.8 Å². The third-order valence-electron chi connectivity index (χ3n) is 2.75. The molecular formula is C8H13NO2. The summed E-state index contributed by atoms with van der Waals surface area (Å²) >= 11 is 0. The fourth-order valence-corrected chi connectivity index (χ4v) is 2.09. The second-order valence-corrected chi connectivity index (χ2v) is 3.45. The standard InChI is InChI=1S/C8H13NO2/c9-7-5-3-1-2-4-6(5)11-8(7)10/h5-7H,1-4,9H2/t5-,6-,7-/m0/s1. The minimum atomic E-state index is -0.333. The lowest BCUT2D eigenvalue weighted by Gasteiger charge is -2.23. The van der Waals surface area contributed by atoms with Gasteiger partial charge in [-0.25, -0.2) is 0 Å². The summed E-state index contributed by atoms with van der Waals surface area (Å²) in [5.74, 6) is 0.123. The highest BCUT2D eigenvalue weighted by atomic mass is 16.6. The minimum absolute atomic E-state index is 0.145. The molecule has 0 aromatic carbocycles. The van der Waals surface area contributed by atoms with Crippen molar-refractivity contribution in [2.75, 3.05) is 0 Å². The van der Waals surface area contributed by atoms with Crippen molar-refractivity contribution in [2.24, 2.45) is 11.7 Å². The van der Waals surface area contributed by atoms with E-state index < -0.39 is 0 Å². The molecule has 2 fully saturated rings. The van der Waals surface area contributed by atoms with Crippen molar-refractivity contribution < 1.29 is 9.53 Å². The Morgan fingerprint density at radius 1 is 1.36 bits per heavy atom. The van der Waals surface area contributed by atoms with Gasteiger partial charge in [0.25, 0.3) is 0 Å². The number of carbonyl (C=O) groups is 1. The lowest BCUT2D eigenvalue weighted by Crippen LogP contribution is -2.35. The summed E-state index contributed by atoms with van der Waals surface area (Å²) in [5, 5.41) is 0. The van der Waals surface area contributed by atoms with Gasteiger partial charge >= 0.3 is 5.97 Å². The first-order chi connectivity index (χ1) is 5.29. The molecule has 1 aliphatic heterocycles. The third-order valence-corrected chi connectivity index (χ3v) is 2.75. The molecule has 0 aromatic rings. The number of fused-ring (bicyclic) bond motifs is 1. The zero-order valence-electron chi connectivity index (χ0n) is 6.45. The number of carbonyl (C=O) groups excluding carboxylic acids is 1. The molecule has 0 radical (unpaired) electrons. The van der Waals surface area contributed by atoms with E-state index in [1.165, 1.54) is 12.8 Å². The van der Waals surface area contributed by atoms with Gasteiger partial charge in [0.05, 0.1) is 0 Å². The normalized spacial score (nSPS) is 43.4. The number of ether oxygens (including phenoxy) is 1. The van der Waals surface area contributed by atoms with Crippen LogP contribution in [-0.2, 0) is 9.53 Å². The highest BCUT2D eigenvalue weighted by Crippen LogP contribution is 2.33. The molecule has 0 aromatic heterocycles. The van der Waals surface area contributed by atoms with Crippen LogP contribution >= 0.6 is 0 Å². The van der Waals surface area contributed by atoms with Crippen molar-refractivity contribution >= 4 is 5.97 Å². The summed E-state index contributed by atoms with van der Waals surface area (Å²) in [5.41, 5.74) is 5.66. The van der Waals surface area contributed by atoms with Crippen LogP contribution in [0.4, 0.5) is 0 Å². The first-order valence-corrected chi connectivity index (χ1v) is 4.25. The molecule has 3 nitrogen and oxygen atoms in total. The van der Waals surface area contributed by atoms with E-state index in [2.05, 4.69) is 0 Å². The molecule has 11 heavy (non-hydrogen) atoms. The summed E-state index contributed by atoms with van der Waals surface area (Å²) < 4.78 is 5.11. The SMILES string of the molecule is N[C@@H]1C(=O)O[C@H]2CCCC[C@@H]21. The van der Waals surface area contributed by atoms with E-state index in [0.717, 1.165) is 12.8 Å². The fourth-order valence-electron chi connectivity index (χ4n) is 2.09. The van der Waals surface area contributed by atoms with Crippen LogP contribution in [0.5, 0.6) is 0 Å². The zero-order chi connectivity index (χ0) is 7.84. The second-order valence-electron chi connectivity index (χ2n) is 3.45. The van der Waals surface area contributed by atoms with Crippen molar-refractivity contribution in [1.82, 2.24) is 0 Å². The second kappa shape index (κ2) is 2.48. The molecule has 3 atom stereocenters. The molecule has 0 unspecified atom stereocenters. The lowest BCUT2D eigenvalue weighted by atomic mass is 9.84. The average molecular weight is 155 g/mol. The number of esters is 1. The van der Waals surface area contributed by atoms with E-state index in [1.807, 2.05) is 0 Å². The molecule has 2 N–H and O–H groups in total. The van der Waals surface area contributed by atoms with Gasteiger partial charge in [-0.1, -0.05) is 6.42 Å². The van der Waals surface area contributed by atoms with Crippen LogP contribution in [-0.4, -0.2) is 18.1 Å². The Kier molecular flexibility index (Phi) is 1.60. The van der Waals surface area contributed by atoms with Crippen molar-refractivity contribution in [3.05, 3.63) is 0 Å². The summed E-state index contributed by atoms with van der Waals surface area (Å²) in [6, 6.07) is -0.333. The molecule has 1 aliphatic carbocycles. The third kappa shape index (κ3) is 1.03. The van der Waals surface area contributed by atoms with Crippen LogP contribution in [0.25, 0.3) is 0 Å². The molecule has 2 aliphatic rings.